The van der Waals surface area contributed by atoms with Crippen LogP contribution < -0.4 is 0 Å². The van der Waals surface area contributed by atoms with Gasteiger partial charge in [-0.15, -0.1) is 0 Å². The number of rotatable bonds is 3. The molecular formula is C14H11BrN2O3. The molecule has 0 unspecified atom stereocenters. The van der Waals surface area contributed by atoms with E-state index >= 15 is 0 Å². The van der Waals surface area contributed by atoms with Gasteiger partial charge in [-0.05, 0) is 23.6 Å². The van der Waals surface area contributed by atoms with Crippen LogP contribution in [0.1, 0.15) is 16.4 Å². The van der Waals surface area contributed by atoms with Gasteiger partial charge in [0.05, 0.1) is 13.7 Å². The number of carbonyl (C=O) groups is 1. The third kappa shape index (κ3) is 2.34. The third-order valence-electron chi connectivity index (χ3n) is 2.99. The zero-order chi connectivity index (χ0) is 14.1. The second-order valence-electron chi connectivity index (χ2n) is 4.26. The average Bonchev–Trinajstić information content (AvgIpc) is 3.06. The van der Waals surface area contributed by atoms with Crippen LogP contribution in [0.5, 0.6) is 0 Å². The van der Waals surface area contributed by atoms with Gasteiger partial charge in [-0.3, -0.25) is 0 Å². The fourth-order valence-corrected chi connectivity index (χ4v) is 2.37. The summed E-state index contributed by atoms with van der Waals surface area (Å²) in [7, 11) is 1.31. The standard InChI is InChI=1S/C14H11BrN2O3/c1-19-14(18)11-8-20-13(16-11)7-17-5-4-9-2-3-10(15)6-12(9)17/h2-6,8H,7H2,1H3. The van der Waals surface area contributed by atoms with E-state index < -0.39 is 5.97 Å². The van der Waals surface area contributed by atoms with E-state index in [9.17, 15) is 4.79 Å². The summed E-state index contributed by atoms with van der Waals surface area (Å²) in [6.07, 6.45) is 3.27. The number of methoxy groups -OCH3 is 1. The Labute approximate surface area is 123 Å². The van der Waals surface area contributed by atoms with Crippen molar-refractivity contribution in [3.8, 4) is 0 Å². The number of halogens is 1. The van der Waals surface area contributed by atoms with Crippen molar-refractivity contribution in [2.24, 2.45) is 0 Å². The van der Waals surface area contributed by atoms with E-state index in [2.05, 4.69) is 25.7 Å². The lowest BCUT2D eigenvalue weighted by Gasteiger charge is -2.02. The number of ether oxygens (including phenoxy) is 1. The average molecular weight is 335 g/mol. The van der Waals surface area contributed by atoms with Crippen LogP contribution in [-0.2, 0) is 11.3 Å². The maximum Gasteiger partial charge on any atom is 0.360 e. The van der Waals surface area contributed by atoms with Gasteiger partial charge in [0.1, 0.15) is 6.26 Å². The minimum absolute atomic E-state index is 0.181. The predicted molar refractivity (Wildman–Crippen MR) is 76.6 cm³/mol. The molecule has 0 bridgehead atoms. The number of hydrogen-bond donors (Lipinski definition) is 0. The van der Waals surface area contributed by atoms with Gasteiger partial charge in [0.2, 0.25) is 5.89 Å². The van der Waals surface area contributed by atoms with Crippen molar-refractivity contribution in [2.75, 3.05) is 7.11 Å². The Balaban J connectivity index is 1.91. The molecule has 0 amide bonds. The molecule has 0 radical (unpaired) electrons. The fourth-order valence-electron chi connectivity index (χ4n) is 2.02. The van der Waals surface area contributed by atoms with Crippen molar-refractivity contribution in [1.82, 2.24) is 9.55 Å². The molecule has 3 rings (SSSR count). The third-order valence-corrected chi connectivity index (χ3v) is 3.48. The highest BCUT2D eigenvalue weighted by molar-refractivity contribution is 9.10. The number of hydrogen-bond acceptors (Lipinski definition) is 4. The van der Waals surface area contributed by atoms with E-state index in [4.69, 9.17) is 4.42 Å². The maximum absolute atomic E-state index is 11.3. The normalized spacial score (nSPS) is 10.9. The number of carbonyl (C=O) groups excluding carboxylic acids is 1. The molecule has 1 aromatic carbocycles. The highest BCUT2D eigenvalue weighted by atomic mass is 79.9. The van der Waals surface area contributed by atoms with Crippen LogP contribution >= 0.6 is 15.9 Å². The molecule has 0 spiro atoms. The second kappa shape index (κ2) is 5.13. The monoisotopic (exact) mass is 334 g/mol. The van der Waals surface area contributed by atoms with Crippen molar-refractivity contribution in [3.63, 3.8) is 0 Å². The Morgan fingerprint density at radius 1 is 1.45 bits per heavy atom. The largest absolute Gasteiger partial charge is 0.464 e. The molecule has 0 N–H and O–H groups in total. The van der Waals surface area contributed by atoms with Crippen LogP contribution in [0.2, 0.25) is 0 Å². The maximum atomic E-state index is 11.3. The molecule has 0 fully saturated rings. The minimum atomic E-state index is -0.500. The molecule has 102 valence electrons. The molecule has 0 saturated heterocycles. The Hall–Kier alpha value is -2.08. The first-order valence-electron chi connectivity index (χ1n) is 5.94. The van der Waals surface area contributed by atoms with Gasteiger partial charge in [-0.25, -0.2) is 9.78 Å². The lowest BCUT2D eigenvalue weighted by molar-refractivity contribution is 0.0594. The lowest BCUT2D eigenvalue weighted by atomic mass is 10.2. The number of benzene rings is 1. The summed E-state index contributed by atoms with van der Waals surface area (Å²) >= 11 is 3.46. The van der Waals surface area contributed by atoms with Crippen LogP contribution in [0.3, 0.4) is 0 Å². The van der Waals surface area contributed by atoms with Crippen LogP contribution in [0.25, 0.3) is 10.9 Å². The summed E-state index contributed by atoms with van der Waals surface area (Å²) in [5.74, 6) is -0.0389. The van der Waals surface area contributed by atoms with Gasteiger partial charge in [0, 0.05) is 16.2 Å². The highest BCUT2D eigenvalue weighted by Gasteiger charge is 2.13. The zero-order valence-corrected chi connectivity index (χ0v) is 12.3. The van der Waals surface area contributed by atoms with E-state index in [1.165, 1.54) is 13.4 Å². The smallest absolute Gasteiger partial charge is 0.360 e. The Bertz CT molecular complexity index is 776. The van der Waals surface area contributed by atoms with Gasteiger partial charge in [0.15, 0.2) is 5.69 Å². The second-order valence-corrected chi connectivity index (χ2v) is 5.18. The van der Waals surface area contributed by atoms with Crippen LogP contribution in [-0.4, -0.2) is 22.6 Å². The molecular weight excluding hydrogens is 324 g/mol. The molecule has 5 nitrogen and oxygen atoms in total. The minimum Gasteiger partial charge on any atom is -0.464 e. The summed E-state index contributed by atoms with van der Waals surface area (Å²) in [6.45, 7) is 0.455. The SMILES string of the molecule is COC(=O)c1coc(Cn2ccc3ccc(Br)cc32)n1. The first kappa shape index (κ1) is 12.9. The molecule has 2 aromatic heterocycles. The quantitative estimate of drug-likeness (QED) is 0.690. The molecule has 3 aromatic rings. The van der Waals surface area contributed by atoms with Crippen molar-refractivity contribution in [2.45, 2.75) is 6.54 Å². The van der Waals surface area contributed by atoms with E-state index in [0.29, 0.717) is 12.4 Å². The number of esters is 1. The predicted octanol–water partition coefficient (Wildman–Crippen LogP) is 3.23. The van der Waals surface area contributed by atoms with Crippen molar-refractivity contribution in [3.05, 3.63) is 52.8 Å². The Morgan fingerprint density at radius 2 is 2.30 bits per heavy atom. The van der Waals surface area contributed by atoms with Gasteiger partial charge in [-0.1, -0.05) is 22.0 Å². The molecule has 0 saturated carbocycles. The van der Waals surface area contributed by atoms with Crippen molar-refractivity contribution < 1.29 is 13.9 Å². The van der Waals surface area contributed by atoms with E-state index in [1.807, 2.05) is 35.0 Å². The summed E-state index contributed by atoms with van der Waals surface area (Å²) in [5, 5.41) is 1.13. The van der Waals surface area contributed by atoms with Crippen LogP contribution in [0.15, 0.2) is 45.6 Å². The topological polar surface area (TPSA) is 57.3 Å². The Kier molecular flexibility index (Phi) is 3.31. The molecule has 0 aliphatic heterocycles. The highest BCUT2D eigenvalue weighted by Crippen LogP contribution is 2.21. The Morgan fingerprint density at radius 3 is 3.10 bits per heavy atom. The zero-order valence-electron chi connectivity index (χ0n) is 10.7. The van der Waals surface area contributed by atoms with Crippen LogP contribution in [0.4, 0.5) is 0 Å². The van der Waals surface area contributed by atoms with Gasteiger partial charge in [0.25, 0.3) is 0 Å². The number of oxazole rings is 1. The summed E-state index contributed by atoms with van der Waals surface area (Å²) < 4.78 is 12.9. The fraction of sp³-hybridized carbons (Fsp3) is 0.143. The van der Waals surface area contributed by atoms with Crippen molar-refractivity contribution >= 4 is 32.8 Å². The van der Waals surface area contributed by atoms with E-state index in [-0.39, 0.29) is 5.69 Å². The lowest BCUT2D eigenvalue weighted by Crippen LogP contribution is -2.03. The van der Waals surface area contributed by atoms with Crippen molar-refractivity contribution in [1.29, 1.82) is 0 Å². The van der Waals surface area contributed by atoms with E-state index in [1.54, 1.807) is 0 Å². The molecule has 2 heterocycles. The first-order chi connectivity index (χ1) is 9.67. The summed E-state index contributed by atoms with van der Waals surface area (Å²) in [6, 6.07) is 8.07. The number of nitrogens with zero attached hydrogens (tertiary/aromatic N) is 2. The first-order valence-corrected chi connectivity index (χ1v) is 6.74. The van der Waals surface area contributed by atoms with Gasteiger partial charge >= 0.3 is 5.97 Å². The molecule has 0 aliphatic rings. The van der Waals surface area contributed by atoms with Gasteiger partial charge < -0.3 is 13.7 Å². The summed E-state index contributed by atoms with van der Waals surface area (Å²) in [4.78, 5) is 15.4. The molecule has 0 atom stereocenters. The molecule has 20 heavy (non-hydrogen) atoms. The van der Waals surface area contributed by atoms with Crippen LogP contribution in [0, 0.1) is 0 Å². The number of aromatic nitrogens is 2. The summed E-state index contributed by atoms with van der Waals surface area (Å²) in [5.41, 5.74) is 1.25. The molecule has 6 heteroatoms. The molecule has 0 aliphatic carbocycles. The van der Waals surface area contributed by atoms with Gasteiger partial charge in [-0.2, -0.15) is 0 Å². The van der Waals surface area contributed by atoms with E-state index in [0.717, 1.165) is 15.4 Å². The number of fused-ring (bicyclic) bond motifs is 1.